The van der Waals surface area contributed by atoms with Gasteiger partial charge in [-0.2, -0.15) is 0 Å². The molecule has 3 rings (SSSR count). The Labute approximate surface area is 150 Å². The number of hydrogen-bond acceptors (Lipinski definition) is 1. The van der Waals surface area contributed by atoms with Crippen molar-refractivity contribution in [2.75, 3.05) is 6.61 Å². The molecule has 0 unspecified atom stereocenters. The van der Waals surface area contributed by atoms with Crippen molar-refractivity contribution >= 4 is 0 Å². The van der Waals surface area contributed by atoms with Crippen molar-refractivity contribution in [2.45, 2.75) is 13.8 Å². The number of ether oxygens (including phenoxy) is 1. The molecule has 0 atom stereocenters. The first-order chi connectivity index (χ1) is 12.3. The van der Waals surface area contributed by atoms with E-state index >= 15 is 0 Å². The van der Waals surface area contributed by atoms with Crippen LogP contribution in [-0.4, -0.2) is 6.61 Å². The highest BCUT2D eigenvalue weighted by molar-refractivity contribution is 5.82. The topological polar surface area (TPSA) is 9.23 Å². The molecule has 0 saturated heterocycles. The highest BCUT2D eigenvalue weighted by Crippen LogP contribution is 2.38. The molecule has 0 amide bonds. The summed E-state index contributed by atoms with van der Waals surface area (Å²) in [5.41, 5.74) is 4.59. The molecule has 0 N–H and O–H groups in total. The molecule has 25 heavy (non-hydrogen) atoms. The van der Waals surface area contributed by atoms with Crippen LogP contribution in [0.15, 0.2) is 91.0 Å². The second-order valence-corrected chi connectivity index (χ2v) is 6.40. The van der Waals surface area contributed by atoms with Gasteiger partial charge in [-0.05, 0) is 17.0 Å². The number of para-hydroxylation sites is 1. The highest BCUT2D eigenvalue weighted by atomic mass is 16.5. The fraction of sp³-hybridized carbons (Fsp3) is 0.167. The predicted molar refractivity (Wildman–Crippen MR) is 107 cm³/mol. The molecule has 0 aromatic heterocycles. The third-order valence-corrected chi connectivity index (χ3v) is 4.03. The lowest BCUT2D eigenvalue weighted by Crippen LogP contribution is -1.98. The van der Waals surface area contributed by atoms with Crippen LogP contribution in [0.5, 0.6) is 5.75 Å². The van der Waals surface area contributed by atoms with E-state index in [9.17, 15) is 0 Å². The van der Waals surface area contributed by atoms with Gasteiger partial charge in [0.1, 0.15) is 12.4 Å². The van der Waals surface area contributed by atoms with Gasteiger partial charge in [0.25, 0.3) is 0 Å². The summed E-state index contributed by atoms with van der Waals surface area (Å²) in [6.45, 7) is 4.91. The quantitative estimate of drug-likeness (QED) is 0.462. The van der Waals surface area contributed by atoms with Crippen LogP contribution in [0, 0.1) is 5.92 Å². The van der Waals surface area contributed by atoms with E-state index in [4.69, 9.17) is 4.74 Å². The van der Waals surface area contributed by atoms with Gasteiger partial charge in [0, 0.05) is 11.1 Å². The summed E-state index contributed by atoms with van der Waals surface area (Å²) in [5.74, 6) is 1.47. The Kier molecular flexibility index (Phi) is 5.69. The molecule has 1 nitrogen and oxygen atoms in total. The molecule has 0 fully saturated rings. The van der Waals surface area contributed by atoms with Crippen LogP contribution in [0.4, 0.5) is 0 Å². The number of benzene rings is 3. The van der Waals surface area contributed by atoms with E-state index in [1.165, 1.54) is 11.1 Å². The molecule has 0 aliphatic carbocycles. The summed E-state index contributed by atoms with van der Waals surface area (Å²) in [4.78, 5) is 0. The maximum absolute atomic E-state index is 6.24. The Morgan fingerprint density at radius 2 is 1.24 bits per heavy atom. The monoisotopic (exact) mass is 328 g/mol. The number of allylic oxidation sites excluding steroid dienone is 1. The fourth-order valence-corrected chi connectivity index (χ4v) is 2.84. The number of rotatable bonds is 6. The third-order valence-electron chi connectivity index (χ3n) is 4.03. The van der Waals surface area contributed by atoms with Crippen LogP contribution in [0.25, 0.3) is 22.3 Å². The van der Waals surface area contributed by atoms with E-state index in [0.29, 0.717) is 12.5 Å². The van der Waals surface area contributed by atoms with Crippen molar-refractivity contribution in [1.29, 1.82) is 0 Å². The standard InChI is InChI=1S/C24H24O/c1-19(2)11-10-18-25-24-22(20-12-5-3-6-13-20)16-9-17-23(24)21-14-7-4-8-15-21/h3-17,19H,18H2,1-2H3/b11-10+. The van der Waals surface area contributed by atoms with Crippen molar-refractivity contribution in [2.24, 2.45) is 5.92 Å². The first kappa shape index (κ1) is 17.0. The van der Waals surface area contributed by atoms with Crippen LogP contribution in [0.1, 0.15) is 13.8 Å². The van der Waals surface area contributed by atoms with E-state index in [-0.39, 0.29) is 0 Å². The molecule has 0 radical (unpaired) electrons. The fourth-order valence-electron chi connectivity index (χ4n) is 2.84. The molecule has 0 aliphatic heterocycles. The SMILES string of the molecule is CC(C)/C=C/COc1c(-c2ccccc2)cccc1-c1ccccc1. The van der Waals surface area contributed by atoms with Crippen LogP contribution in [0.3, 0.4) is 0 Å². The van der Waals surface area contributed by atoms with Crippen molar-refractivity contribution in [3.63, 3.8) is 0 Å². The van der Waals surface area contributed by atoms with Gasteiger partial charge in [-0.15, -0.1) is 0 Å². The summed E-state index contributed by atoms with van der Waals surface area (Å²) in [7, 11) is 0. The second kappa shape index (κ2) is 8.34. The van der Waals surface area contributed by atoms with Crippen molar-refractivity contribution in [3.05, 3.63) is 91.0 Å². The average molecular weight is 328 g/mol. The van der Waals surface area contributed by atoms with Crippen molar-refractivity contribution in [1.82, 2.24) is 0 Å². The molecule has 0 saturated carbocycles. The van der Waals surface area contributed by atoms with Gasteiger partial charge in [0.15, 0.2) is 0 Å². The lowest BCUT2D eigenvalue weighted by Gasteiger charge is -2.16. The summed E-state index contributed by atoms with van der Waals surface area (Å²) < 4.78 is 6.24. The minimum atomic E-state index is 0.529. The zero-order chi connectivity index (χ0) is 17.5. The van der Waals surface area contributed by atoms with Gasteiger partial charge >= 0.3 is 0 Å². The zero-order valence-electron chi connectivity index (χ0n) is 14.9. The molecule has 3 aromatic carbocycles. The molecular formula is C24H24O. The molecular weight excluding hydrogens is 304 g/mol. The Morgan fingerprint density at radius 1 is 0.720 bits per heavy atom. The molecule has 0 bridgehead atoms. The second-order valence-electron chi connectivity index (χ2n) is 6.40. The first-order valence-corrected chi connectivity index (χ1v) is 8.79. The Morgan fingerprint density at radius 3 is 1.72 bits per heavy atom. The molecule has 126 valence electrons. The molecule has 0 spiro atoms. The Hall–Kier alpha value is -2.80. The zero-order valence-corrected chi connectivity index (χ0v) is 14.9. The van der Waals surface area contributed by atoms with Gasteiger partial charge in [-0.1, -0.05) is 105 Å². The van der Waals surface area contributed by atoms with Crippen LogP contribution >= 0.6 is 0 Å². The third kappa shape index (κ3) is 4.39. The van der Waals surface area contributed by atoms with Gasteiger partial charge in [0.2, 0.25) is 0 Å². The molecule has 3 aromatic rings. The number of hydrogen-bond donors (Lipinski definition) is 0. The minimum absolute atomic E-state index is 0.529. The maximum Gasteiger partial charge on any atom is 0.135 e. The average Bonchev–Trinajstić information content (AvgIpc) is 2.66. The van der Waals surface area contributed by atoms with E-state index in [2.05, 4.69) is 92.7 Å². The Bertz CT molecular complexity index is 759. The van der Waals surface area contributed by atoms with Gasteiger partial charge < -0.3 is 4.74 Å². The van der Waals surface area contributed by atoms with Gasteiger partial charge in [-0.25, -0.2) is 0 Å². The molecule has 0 aliphatic rings. The minimum Gasteiger partial charge on any atom is -0.488 e. The predicted octanol–water partition coefficient (Wildman–Crippen LogP) is 6.61. The normalized spacial score (nSPS) is 11.2. The lowest BCUT2D eigenvalue weighted by atomic mass is 9.97. The summed E-state index contributed by atoms with van der Waals surface area (Å²) >= 11 is 0. The molecule has 0 heterocycles. The van der Waals surface area contributed by atoms with E-state index < -0.39 is 0 Å². The van der Waals surface area contributed by atoms with E-state index in [0.717, 1.165) is 16.9 Å². The smallest absolute Gasteiger partial charge is 0.135 e. The van der Waals surface area contributed by atoms with Crippen LogP contribution in [-0.2, 0) is 0 Å². The van der Waals surface area contributed by atoms with Crippen LogP contribution < -0.4 is 4.74 Å². The largest absolute Gasteiger partial charge is 0.488 e. The van der Waals surface area contributed by atoms with Crippen LogP contribution in [0.2, 0.25) is 0 Å². The lowest BCUT2D eigenvalue weighted by molar-refractivity contribution is 0.365. The first-order valence-electron chi connectivity index (χ1n) is 8.79. The van der Waals surface area contributed by atoms with E-state index in [1.807, 2.05) is 12.1 Å². The van der Waals surface area contributed by atoms with Gasteiger partial charge in [0.05, 0.1) is 0 Å². The van der Waals surface area contributed by atoms with Crippen molar-refractivity contribution < 1.29 is 4.74 Å². The molecule has 1 heteroatoms. The summed E-state index contributed by atoms with van der Waals surface area (Å²) in [6, 6.07) is 27.2. The highest BCUT2D eigenvalue weighted by Gasteiger charge is 2.12. The van der Waals surface area contributed by atoms with E-state index in [1.54, 1.807) is 0 Å². The Balaban J connectivity index is 2.03. The summed E-state index contributed by atoms with van der Waals surface area (Å²) in [6.07, 6.45) is 4.27. The van der Waals surface area contributed by atoms with Gasteiger partial charge in [-0.3, -0.25) is 0 Å². The summed E-state index contributed by atoms with van der Waals surface area (Å²) in [5, 5.41) is 0. The maximum atomic E-state index is 6.24. The van der Waals surface area contributed by atoms with Crippen molar-refractivity contribution in [3.8, 4) is 28.0 Å².